The summed E-state index contributed by atoms with van der Waals surface area (Å²) < 4.78 is 11.9. The van der Waals surface area contributed by atoms with E-state index in [1.165, 1.54) is 21.9 Å². The molecular formula is C22H25NO2. The van der Waals surface area contributed by atoms with Crippen LogP contribution >= 0.6 is 0 Å². The van der Waals surface area contributed by atoms with Crippen molar-refractivity contribution in [3.63, 3.8) is 0 Å². The lowest BCUT2D eigenvalue weighted by atomic mass is 10.0. The fourth-order valence-corrected chi connectivity index (χ4v) is 3.12. The van der Waals surface area contributed by atoms with Crippen molar-refractivity contribution in [2.24, 2.45) is 5.73 Å². The summed E-state index contributed by atoms with van der Waals surface area (Å²) in [6, 6.07) is 18.7. The molecule has 0 fully saturated rings. The van der Waals surface area contributed by atoms with Gasteiger partial charge in [-0.2, -0.15) is 0 Å². The van der Waals surface area contributed by atoms with Gasteiger partial charge in [0.25, 0.3) is 0 Å². The molecule has 3 nitrogen and oxygen atoms in total. The number of nitrogens with two attached hydrogens (primary N) is 1. The van der Waals surface area contributed by atoms with Crippen LogP contribution in [0.1, 0.15) is 16.7 Å². The van der Waals surface area contributed by atoms with Crippen LogP contribution in [0.25, 0.3) is 10.8 Å². The third kappa shape index (κ3) is 4.12. The van der Waals surface area contributed by atoms with Crippen LogP contribution in [-0.4, -0.2) is 19.8 Å². The summed E-state index contributed by atoms with van der Waals surface area (Å²) in [5, 5.41) is 2.42. The van der Waals surface area contributed by atoms with Gasteiger partial charge in [-0.1, -0.05) is 48.0 Å². The Morgan fingerprint density at radius 1 is 0.840 bits per heavy atom. The third-order valence-electron chi connectivity index (χ3n) is 4.32. The Bertz CT molecular complexity index is 858. The van der Waals surface area contributed by atoms with E-state index < -0.39 is 0 Å². The largest absolute Gasteiger partial charge is 0.490 e. The van der Waals surface area contributed by atoms with Crippen LogP contribution in [0.2, 0.25) is 0 Å². The minimum Gasteiger partial charge on any atom is -0.490 e. The second-order valence-corrected chi connectivity index (χ2v) is 6.27. The Balaban J connectivity index is 1.67. The lowest BCUT2D eigenvalue weighted by Gasteiger charge is -2.15. The fourth-order valence-electron chi connectivity index (χ4n) is 3.12. The second-order valence-electron chi connectivity index (χ2n) is 6.27. The zero-order chi connectivity index (χ0) is 17.6. The van der Waals surface area contributed by atoms with Crippen molar-refractivity contribution in [2.75, 3.05) is 19.8 Å². The highest BCUT2D eigenvalue weighted by Crippen LogP contribution is 2.28. The van der Waals surface area contributed by atoms with E-state index in [4.69, 9.17) is 15.2 Å². The fraction of sp³-hybridized carbons (Fsp3) is 0.273. The van der Waals surface area contributed by atoms with Crippen molar-refractivity contribution >= 4 is 10.8 Å². The molecule has 0 atom stereocenters. The van der Waals surface area contributed by atoms with Crippen LogP contribution in [0, 0.1) is 13.8 Å². The van der Waals surface area contributed by atoms with Crippen molar-refractivity contribution < 1.29 is 9.47 Å². The van der Waals surface area contributed by atoms with Crippen molar-refractivity contribution in [3.8, 4) is 11.5 Å². The molecule has 0 aromatic heterocycles. The average Bonchev–Trinajstić information content (AvgIpc) is 2.62. The van der Waals surface area contributed by atoms with Gasteiger partial charge in [0.1, 0.15) is 24.7 Å². The molecule has 3 heteroatoms. The molecule has 130 valence electrons. The molecule has 3 rings (SSSR count). The lowest BCUT2D eigenvalue weighted by Crippen LogP contribution is -2.12. The minimum absolute atomic E-state index is 0.503. The molecule has 0 saturated carbocycles. The molecule has 0 aliphatic carbocycles. The number of hydrogen-bond acceptors (Lipinski definition) is 3. The van der Waals surface area contributed by atoms with E-state index >= 15 is 0 Å². The summed E-state index contributed by atoms with van der Waals surface area (Å²) in [6.45, 7) is 5.76. The van der Waals surface area contributed by atoms with Crippen molar-refractivity contribution in [3.05, 3.63) is 71.3 Å². The van der Waals surface area contributed by atoms with Crippen molar-refractivity contribution in [2.45, 2.75) is 20.3 Å². The highest BCUT2D eigenvalue weighted by atomic mass is 16.5. The number of fused-ring (bicyclic) bond motifs is 1. The van der Waals surface area contributed by atoms with Crippen molar-refractivity contribution in [1.82, 2.24) is 0 Å². The molecule has 0 bridgehead atoms. The molecule has 3 aromatic rings. The summed E-state index contributed by atoms with van der Waals surface area (Å²) >= 11 is 0. The second kappa shape index (κ2) is 8.04. The number of ether oxygens (including phenoxy) is 2. The molecule has 0 spiro atoms. The summed E-state index contributed by atoms with van der Waals surface area (Å²) in [6.07, 6.45) is 0.800. The predicted molar refractivity (Wildman–Crippen MR) is 104 cm³/mol. The molecule has 0 heterocycles. The van der Waals surface area contributed by atoms with E-state index in [0.29, 0.717) is 19.8 Å². The molecule has 0 unspecified atom stereocenters. The maximum Gasteiger partial charge on any atom is 0.123 e. The Morgan fingerprint density at radius 2 is 1.56 bits per heavy atom. The SMILES string of the molecule is Cc1ccc(OCCOc2ccc3ccccc3c2CCN)c(C)c1. The summed E-state index contributed by atoms with van der Waals surface area (Å²) in [5.41, 5.74) is 9.36. The minimum atomic E-state index is 0.503. The molecule has 0 aliphatic heterocycles. The topological polar surface area (TPSA) is 44.5 Å². The van der Waals surface area contributed by atoms with Crippen LogP contribution < -0.4 is 15.2 Å². The van der Waals surface area contributed by atoms with E-state index in [1.807, 2.05) is 18.2 Å². The Labute approximate surface area is 149 Å². The van der Waals surface area contributed by atoms with Gasteiger partial charge >= 0.3 is 0 Å². The Morgan fingerprint density at radius 3 is 2.32 bits per heavy atom. The van der Waals surface area contributed by atoms with Gasteiger partial charge < -0.3 is 15.2 Å². The van der Waals surface area contributed by atoms with Crippen LogP contribution in [0.4, 0.5) is 0 Å². The zero-order valence-electron chi connectivity index (χ0n) is 14.9. The molecule has 0 amide bonds. The molecule has 25 heavy (non-hydrogen) atoms. The number of benzene rings is 3. The first-order chi connectivity index (χ1) is 12.2. The van der Waals surface area contributed by atoms with Crippen LogP contribution in [-0.2, 0) is 6.42 Å². The van der Waals surface area contributed by atoms with Gasteiger partial charge in [0.05, 0.1) is 0 Å². The van der Waals surface area contributed by atoms with Gasteiger partial charge in [-0.15, -0.1) is 0 Å². The van der Waals surface area contributed by atoms with Gasteiger partial charge in [0.15, 0.2) is 0 Å². The molecule has 0 saturated heterocycles. The van der Waals surface area contributed by atoms with E-state index in [1.54, 1.807) is 0 Å². The maximum absolute atomic E-state index is 6.00. The Hall–Kier alpha value is -2.52. The van der Waals surface area contributed by atoms with Gasteiger partial charge in [0, 0.05) is 5.56 Å². The molecule has 3 aromatic carbocycles. The molecule has 0 radical (unpaired) electrons. The van der Waals surface area contributed by atoms with E-state index in [2.05, 4.69) is 50.2 Å². The zero-order valence-corrected chi connectivity index (χ0v) is 14.9. The summed E-state index contributed by atoms with van der Waals surface area (Å²) in [7, 11) is 0. The normalized spacial score (nSPS) is 10.8. The number of rotatable bonds is 7. The first kappa shape index (κ1) is 17.3. The first-order valence-corrected chi connectivity index (χ1v) is 8.72. The van der Waals surface area contributed by atoms with Gasteiger partial charge in [0.2, 0.25) is 0 Å². The molecular weight excluding hydrogens is 310 g/mol. The Kier molecular flexibility index (Phi) is 5.56. The van der Waals surface area contributed by atoms with Gasteiger partial charge in [-0.25, -0.2) is 0 Å². The maximum atomic E-state index is 6.00. The average molecular weight is 335 g/mol. The third-order valence-corrected chi connectivity index (χ3v) is 4.32. The highest BCUT2D eigenvalue weighted by Gasteiger charge is 2.08. The first-order valence-electron chi connectivity index (χ1n) is 8.72. The van der Waals surface area contributed by atoms with Gasteiger partial charge in [-0.3, -0.25) is 0 Å². The van der Waals surface area contributed by atoms with Crippen LogP contribution in [0.15, 0.2) is 54.6 Å². The van der Waals surface area contributed by atoms with E-state index in [0.717, 1.165) is 23.5 Å². The lowest BCUT2D eigenvalue weighted by molar-refractivity contribution is 0.215. The summed E-state index contributed by atoms with van der Waals surface area (Å²) in [4.78, 5) is 0. The van der Waals surface area contributed by atoms with Crippen molar-refractivity contribution in [1.29, 1.82) is 0 Å². The quantitative estimate of drug-likeness (QED) is 0.650. The predicted octanol–water partition coefficient (Wildman–Crippen LogP) is 4.42. The van der Waals surface area contributed by atoms with Gasteiger partial charge in [-0.05, 0) is 55.3 Å². The number of hydrogen-bond donors (Lipinski definition) is 1. The smallest absolute Gasteiger partial charge is 0.123 e. The van der Waals surface area contributed by atoms with E-state index in [9.17, 15) is 0 Å². The molecule has 0 aliphatic rings. The summed E-state index contributed by atoms with van der Waals surface area (Å²) in [5.74, 6) is 1.81. The standard InChI is InChI=1S/C22H25NO2/c1-16-7-9-21(17(2)15-16)24-13-14-25-22-10-8-18-5-3-4-6-19(18)20(22)11-12-23/h3-10,15H,11-14,23H2,1-2H3. The van der Waals surface area contributed by atoms with Crippen LogP contribution in [0.3, 0.4) is 0 Å². The highest BCUT2D eigenvalue weighted by molar-refractivity contribution is 5.87. The number of aryl methyl sites for hydroxylation is 2. The van der Waals surface area contributed by atoms with Crippen LogP contribution in [0.5, 0.6) is 11.5 Å². The molecule has 2 N–H and O–H groups in total. The monoisotopic (exact) mass is 335 g/mol. The van der Waals surface area contributed by atoms with E-state index in [-0.39, 0.29) is 0 Å².